The first-order chi connectivity index (χ1) is 12.2. The first-order valence-corrected chi connectivity index (χ1v) is 8.80. The Balaban J connectivity index is 1.32. The van der Waals surface area contributed by atoms with Gasteiger partial charge in [-0.05, 0) is 31.4 Å². The maximum Gasteiger partial charge on any atom is 0.224 e. The molecule has 1 aliphatic heterocycles. The van der Waals surface area contributed by atoms with Gasteiger partial charge in [0.05, 0.1) is 6.42 Å². The summed E-state index contributed by atoms with van der Waals surface area (Å²) in [5.41, 5.74) is 3.20. The van der Waals surface area contributed by atoms with E-state index in [4.69, 9.17) is 0 Å². The molecule has 3 N–H and O–H groups in total. The Morgan fingerprint density at radius 3 is 2.88 bits per heavy atom. The molecule has 130 valence electrons. The Hall–Kier alpha value is -2.76. The van der Waals surface area contributed by atoms with Crippen LogP contribution in [0.4, 0.5) is 5.82 Å². The number of carbonyl (C=O) groups excluding carboxylic acids is 1. The van der Waals surface area contributed by atoms with Crippen LogP contribution >= 0.6 is 0 Å². The van der Waals surface area contributed by atoms with E-state index in [0.717, 1.165) is 53.9 Å². The fourth-order valence-corrected chi connectivity index (χ4v) is 3.55. The van der Waals surface area contributed by atoms with Gasteiger partial charge < -0.3 is 15.2 Å². The molecule has 3 aromatic rings. The van der Waals surface area contributed by atoms with Crippen LogP contribution in [0.25, 0.3) is 10.9 Å². The third kappa shape index (κ3) is 3.38. The standard InChI is InChI=1S/C19H23N5O/c1-13-10-18(23-22-13)24-8-6-15(7-9-24)21-19(25)11-14-12-20-17-5-3-2-4-16(14)17/h2-5,10,12,15,20H,6-9,11H2,1H3,(H,21,25)(H,22,23). The summed E-state index contributed by atoms with van der Waals surface area (Å²) in [5, 5.41) is 11.6. The van der Waals surface area contributed by atoms with Crippen molar-refractivity contribution in [1.29, 1.82) is 0 Å². The van der Waals surface area contributed by atoms with Crippen LogP contribution in [0.5, 0.6) is 0 Å². The normalized spacial score (nSPS) is 15.6. The van der Waals surface area contributed by atoms with Gasteiger partial charge >= 0.3 is 0 Å². The van der Waals surface area contributed by atoms with Gasteiger partial charge in [0.25, 0.3) is 0 Å². The molecule has 0 bridgehead atoms. The number of aromatic amines is 2. The largest absolute Gasteiger partial charge is 0.361 e. The molecule has 6 heteroatoms. The van der Waals surface area contributed by atoms with Crippen molar-refractivity contribution in [2.75, 3.05) is 18.0 Å². The molecule has 0 radical (unpaired) electrons. The van der Waals surface area contributed by atoms with Crippen molar-refractivity contribution in [2.45, 2.75) is 32.2 Å². The molecule has 0 aliphatic carbocycles. The molecular formula is C19H23N5O. The van der Waals surface area contributed by atoms with Gasteiger partial charge in [0, 0.05) is 48.0 Å². The Morgan fingerprint density at radius 2 is 2.12 bits per heavy atom. The number of rotatable bonds is 4. The number of anilines is 1. The summed E-state index contributed by atoms with van der Waals surface area (Å²) < 4.78 is 0. The lowest BCUT2D eigenvalue weighted by Gasteiger charge is -2.32. The van der Waals surface area contributed by atoms with E-state index in [2.05, 4.69) is 37.5 Å². The average molecular weight is 337 g/mol. The van der Waals surface area contributed by atoms with Gasteiger partial charge in [0.2, 0.25) is 5.91 Å². The van der Waals surface area contributed by atoms with E-state index < -0.39 is 0 Å². The lowest BCUT2D eigenvalue weighted by molar-refractivity contribution is -0.121. The van der Waals surface area contributed by atoms with Gasteiger partial charge in [0.15, 0.2) is 5.82 Å². The number of piperidine rings is 1. The molecule has 6 nitrogen and oxygen atoms in total. The Kier molecular flexibility index (Phi) is 4.17. The second kappa shape index (κ2) is 6.63. The molecule has 1 aliphatic rings. The molecule has 0 saturated carbocycles. The maximum absolute atomic E-state index is 12.4. The summed E-state index contributed by atoms with van der Waals surface area (Å²) in [6, 6.07) is 10.4. The van der Waals surface area contributed by atoms with E-state index in [0.29, 0.717) is 6.42 Å². The molecular weight excluding hydrogens is 314 g/mol. The average Bonchev–Trinajstić information content (AvgIpc) is 3.22. The zero-order valence-electron chi connectivity index (χ0n) is 14.4. The first-order valence-electron chi connectivity index (χ1n) is 8.80. The van der Waals surface area contributed by atoms with Crippen molar-refractivity contribution in [1.82, 2.24) is 20.5 Å². The number of amides is 1. The lowest BCUT2D eigenvalue weighted by Crippen LogP contribution is -2.45. The van der Waals surface area contributed by atoms with Crippen molar-refractivity contribution < 1.29 is 4.79 Å². The van der Waals surface area contributed by atoms with Crippen LogP contribution in [0.1, 0.15) is 24.1 Å². The van der Waals surface area contributed by atoms with Gasteiger partial charge in [-0.2, -0.15) is 5.10 Å². The number of carbonyl (C=O) groups is 1. The minimum atomic E-state index is 0.0961. The summed E-state index contributed by atoms with van der Waals surface area (Å²) in [7, 11) is 0. The zero-order valence-corrected chi connectivity index (χ0v) is 14.4. The van der Waals surface area contributed by atoms with E-state index in [1.54, 1.807) is 0 Å². The fraction of sp³-hybridized carbons (Fsp3) is 0.368. The van der Waals surface area contributed by atoms with Crippen molar-refractivity contribution in [2.24, 2.45) is 0 Å². The van der Waals surface area contributed by atoms with Crippen LogP contribution in [0, 0.1) is 6.92 Å². The number of H-pyrrole nitrogens is 2. The van der Waals surface area contributed by atoms with E-state index >= 15 is 0 Å². The predicted molar refractivity (Wildman–Crippen MR) is 98.7 cm³/mol. The monoisotopic (exact) mass is 337 g/mol. The predicted octanol–water partition coefficient (Wildman–Crippen LogP) is 2.53. The molecule has 0 unspecified atom stereocenters. The van der Waals surface area contributed by atoms with Crippen molar-refractivity contribution in [3.05, 3.63) is 47.8 Å². The lowest BCUT2D eigenvalue weighted by atomic mass is 10.0. The van der Waals surface area contributed by atoms with Gasteiger partial charge in [-0.3, -0.25) is 9.89 Å². The number of para-hydroxylation sites is 1. The molecule has 2 aromatic heterocycles. The third-order valence-electron chi connectivity index (χ3n) is 4.90. The minimum Gasteiger partial charge on any atom is -0.361 e. The highest BCUT2D eigenvalue weighted by atomic mass is 16.1. The molecule has 0 atom stereocenters. The second-order valence-corrected chi connectivity index (χ2v) is 6.77. The van der Waals surface area contributed by atoms with Crippen LogP contribution in [0.2, 0.25) is 0 Å². The molecule has 1 saturated heterocycles. The highest BCUT2D eigenvalue weighted by Crippen LogP contribution is 2.20. The molecule has 25 heavy (non-hydrogen) atoms. The molecule has 3 heterocycles. The van der Waals surface area contributed by atoms with Gasteiger partial charge in [-0.1, -0.05) is 18.2 Å². The summed E-state index contributed by atoms with van der Waals surface area (Å²) in [6.07, 6.45) is 4.26. The molecule has 1 aromatic carbocycles. The maximum atomic E-state index is 12.4. The summed E-state index contributed by atoms with van der Waals surface area (Å²) in [6.45, 7) is 3.85. The van der Waals surface area contributed by atoms with Gasteiger partial charge in [0.1, 0.15) is 0 Å². The fourth-order valence-electron chi connectivity index (χ4n) is 3.55. The topological polar surface area (TPSA) is 76.8 Å². The molecule has 0 spiro atoms. The van der Waals surface area contributed by atoms with Crippen molar-refractivity contribution in [3.63, 3.8) is 0 Å². The SMILES string of the molecule is Cc1cc(N2CCC(NC(=O)Cc3c[nH]c4ccccc34)CC2)n[nH]1. The molecule has 4 rings (SSSR count). The Morgan fingerprint density at radius 1 is 1.32 bits per heavy atom. The molecule has 1 fully saturated rings. The number of benzene rings is 1. The summed E-state index contributed by atoms with van der Waals surface area (Å²) in [5.74, 6) is 1.10. The highest BCUT2D eigenvalue weighted by molar-refractivity contribution is 5.88. The van der Waals surface area contributed by atoms with Crippen molar-refractivity contribution in [3.8, 4) is 0 Å². The third-order valence-corrected chi connectivity index (χ3v) is 4.90. The van der Waals surface area contributed by atoms with Crippen LogP contribution < -0.4 is 10.2 Å². The number of nitrogens with zero attached hydrogens (tertiary/aromatic N) is 2. The number of aromatic nitrogens is 3. The summed E-state index contributed by atoms with van der Waals surface area (Å²) >= 11 is 0. The van der Waals surface area contributed by atoms with Crippen molar-refractivity contribution >= 4 is 22.6 Å². The van der Waals surface area contributed by atoms with Gasteiger partial charge in [-0.15, -0.1) is 0 Å². The van der Waals surface area contributed by atoms with E-state index in [1.165, 1.54) is 0 Å². The first kappa shape index (κ1) is 15.7. The van der Waals surface area contributed by atoms with Gasteiger partial charge in [-0.25, -0.2) is 0 Å². The number of hydrogen-bond acceptors (Lipinski definition) is 3. The molecule has 1 amide bonds. The van der Waals surface area contributed by atoms with Crippen LogP contribution in [0.3, 0.4) is 0 Å². The smallest absolute Gasteiger partial charge is 0.224 e. The Labute approximate surface area is 146 Å². The zero-order chi connectivity index (χ0) is 17.2. The highest BCUT2D eigenvalue weighted by Gasteiger charge is 2.22. The van der Waals surface area contributed by atoms with Crippen LogP contribution in [-0.2, 0) is 11.2 Å². The number of fused-ring (bicyclic) bond motifs is 1. The number of nitrogens with one attached hydrogen (secondary N) is 3. The van der Waals surface area contributed by atoms with E-state index in [1.807, 2.05) is 31.3 Å². The number of hydrogen-bond donors (Lipinski definition) is 3. The summed E-state index contributed by atoms with van der Waals surface area (Å²) in [4.78, 5) is 17.9. The van der Waals surface area contributed by atoms with Crippen LogP contribution in [0.15, 0.2) is 36.5 Å². The number of aryl methyl sites for hydroxylation is 1. The quantitative estimate of drug-likeness (QED) is 0.685. The Bertz CT molecular complexity index is 873. The van der Waals surface area contributed by atoms with E-state index in [-0.39, 0.29) is 11.9 Å². The second-order valence-electron chi connectivity index (χ2n) is 6.77. The van der Waals surface area contributed by atoms with E-state index in [9.17, 15) is 4.79 Å². The minimum absolute atomic E-state index is 0.0961. The van der Waals surface area contributed by atoms with Crippen LogP contribution in [-0.4, -0.2) is 40.2 Å².